The first-order valence-corrected chi connectivity index (χ1v) is 8.51. The third-order valence-electron chi connectivity index (χ3n) is 2.33. The quantitative estimate of drug-likeness (QED) is 0.752. The molecule has 6 nitrogen and oxygen atoms in total. The van der Waals surface area contributed by atoms with E-state index in [0.717, 1.165) is 18.0 Å². The molecule has 1 rings (SSSR count). The van der Waals surface area contributed by atoms with Crippen LogP contribution in [0.15, 0.2) is 34.1 Å². The molecule has 1 aromatic carbocycles. The van der Waals surface area contributed by atoms with E-state index in [-0.39, 0.29) is 10.6 Å². The molecule has 0 aromatic heterocycles. The average molecular weight is 317 g/mol. The Balaban J connectivity index is 2.89. The van der Waals surface area contributed by atoms with Crippen LogP contribution in [0, 0.1) is 0 Å². The largest absolute Gasteiger partial charge is 0.480 e. The van der Waals surface area contributed by atoms with Crippen molar-refractivity contribution in [3.63, 3.8) is 0 Å². The Morgan fingerprint density at radius 2 is 1.95 bits per heavy atom. The van der Waals surface area contributed by atoms with E-state index < -0.39 is 27.8 Å². The standard InChI is InChI=1S/C12H15NO5S2/c1-8(14)13-9(12(15)16)7-19-10-5-3-4-6-11(10)20(2,17)18/h3-6,9H,7H2,1-2H3,(H,13,14)(H,15,16)/t9-/m0/s1. The van der Waals surface area contributed by atoms with Crippen LogP contribution in [0.25, 0.3) is 0 Å². The lowest BCUT2D eigenvalue weighted by atomic mass is 10.3. The van der Waals surface area contributed by atoms with Crippen LogP contribution in [0.1, 0.15) is 6.92 Å². The molecule has 0 aliphatic carbocycles. The Bertz CT molecular complexity index is 612. The highest BCUT2D eigenvalue weighted by atomic mass is 32.2. The van der Waals surface area contributed by atoms with Gasteiger partial charge in [0.25, 0.3) is 0 Å². The van der Waals surface area contributed by atoms with E-state index in [0.29, 0.717) is 4.90 Å². The summed E-state index contributed by atoms with van der Waals surface area (Å²) >= 11 is 1.08. The number of nitrogens with one attached hydrogen (secondary N) is 1. The molecule has 0 fully saturated rings. The number of sulfone groups is 1. The zero-order valence-electron chi connectivity index (χ0n) is 11.0. The number of thioether (sulfide) groups is 1. The highest BCUT2D eigenvalue weighted by molar-refractivity contribution is 8.00. The van der Waals surface area contributed by atoms with Gasteiger partial charge in [0.2, 0.25) is 5.91 Å². The molecule has 1 aromatic rings. The summed E-state index contributed by atoms with van der Waals surface area (Å²) in [6.07, 6.45) is 1.09. The number of carbonyl (C=O) groups is 2. The summed E-state index contributed by atoms with van der Waals surface area (Å²) in [5.74, 6) is -1.57. The van der Waals surface area contributed by atoms with Gasteiger partial charge in [0.05, 0.1) is 4.90 Å². The minimum Gasteiger partial charge on any atom is -0.480 e. The van der Waals surface area contributed by atoms with Crippen molar-refractivity contribution in [2.75, 3.05) is 12.0 Å². The first-order valence-electron chi connectivity index (χ1n) is 5.63. The van der Waals surface area contributed by atoms with Gasteiger partial charge in [-0.2, -0.15) is 0 Å². The number of aliphatic carboxylic acids is 1. The fourth-order valence-corrected chi connectivity index (χ4v) is 3.82. The van der Waals surface area contributed by atoms with E-state index in [1.807, 2.05) is 0 Å². The number of carboxylic acids is 1. The third-order valence-corrected chi connectivity index (χ3v) is 4.78. The SMILES string of the molecule is CC(=O)N[C@@H](CSc1ccccc1S(C)(=O)=O)C(=O)O. The van der Waals surface area contributed by atoms with Gasteiger partial charge in [-0.25, -0.2) is 13.2 Å². The van der Waals surface area contributed by atoms with Gasteiger partial charge >= 0.3 is 5.97 Å². The maximum Gasteiger partial charge on any atom is 0.327 e. The second kappa shape index (κ2) is 6.76. The van der Waals surface area contributed by atoms with Gasteiger partial charge in [-0.3, -0.25) is 4.79 Å². The van der Waals surface area contributed by atoms with Crippen molar-refractivity contribution in [2.45, 2.75) is 22.8 Å². The molecule has 0 aliphatic heterocycles. The number of carbonyl (C=O) groups excluding carboxylic acids is 1. The van der Waals surface area contributed by atoms with E-state index in [1.54, 1.807) is 18.2 Å². The van der Waals surface area contributed by atoms with E-state index in [4.69, 9.17) is 5.11 Å². The minimum atomic E-state index is -3.38. The molecule has 110 valence electrons. The normalized spacial score (nSPS) is 12.7. The second-order valence-electron chi connectivity index (χ2n) is 4.12. The van der Waals surface area contributed by atoms with Gasteiger partial charge in [-0.15, -0.1) is 11.8 Å². The summed E-state index contributed by atoms with van der Waals surface area (Å²) in [4.78, 5) is 22.5. The first kappa shape index (κ1) is 16.5. The molecule has 0 aliphatic rings. The number of rotatable bonds is 6. The molecule has 1 atom stereocenters. The number of hydrogen-bond donors (Lipinski definition) is 2. The predicted molar refractivity (Wildman–Crippen MR) is 75.5 cm³/mol. The molecular weight excluding hydrogens is 302 g/mol. The lowest BCUT2D eigenvalue weighted by Crippen LogP contribution is -2.41. The lowest BCUT2D eigenvalue weighted by molar-refractivity contribution is -0.140. The van der Waals surface area contributed by atoms with Crippen LogP contribution < -0.4 is 5.32 Å². The zero-order valence-corrected chi connectivity index (χ0v) is 12.6. The molecule has 0 saturated heterocycles. The van der Waals surface area contributed by atoms with Gasteiger partial charge in [0.1, 0.15) is 6.04 Å². The average Bonchev–Trinajstić information content (AvgIpc) is 2.33. The number of hydrogen-bond acceptors (Lipinski definition) is 5. The monoisotopic (exact) mass is 317 g/mol. The fourth-order valence-electron chi connectivity index (χ4n) is 1.47. The zero-order chi connectivity index (χ0) is 15.3. The van der Waals surface area contributed by atoms with Crippen molar-refractivity contribution in [1.82, 2.24) is 5.32 Å². The summed E-state index contributed by atoms with van der Waals surface area (Å²) in [6, 6.07) is 5.28. The Morgan fingerprint density at radius 3 is 2.45 bits per heavy atom. The molecule has 0 bridgehead atoms. The molecule has 20 heavy (non-hydrogen) atoms. The molecule has 2 N–H and O–H groups in total. The first-order chi connectivity index (χ1) is 9.21. The van der Waals surface area contributed by atoms with Crippen LogP contribution >= 0.6 is 11.8 Å². The summed E-state index contributed by atoms with van der Waals surface area (Å²) in [7, 11) is -3.38. The van der Waals surface area contributed by atoms with Gasteiger partial charge in [-0.1, -0.05) is 12.1 Å². The Kier molecular flexibility index (Phi) is 5.58. The highest BCUT2D eigenvalue weighted by Crippen LogP contribution is 2.26. The lowest BCUT2D eigenvalue weighted by Gasteiger charge is -2.14. The summed E-state index contributed by atoms with van der Waals surface area (Å²) < 4.78 is 23.2. The van der Waals surface area contributed by atoms with Crippen LogP contribution in [0.2, 0.25) is 0 Å². The van der Waals surface area contributed by atoms with Crippen LogP contribution in [0.3, 0.4) is 0 Å². The minimum absolute atomic E-state index is 0.0431. The third kappa shape index (κ3) is 4.86. The molecule has 8 heteroatoms. The number of benzene rings is 1. The van der Waals surface area contributed by atoms with Gasteiger partial charge < -0.3 is 10.4 Å². The van der Waals surface area contributed by atoms with E-state index in [2.05, 4.69) is 5.32 Å². The summed E-state index contributed by atoms with van der Waals surface area (Å²) in [6.45, 7) is 1.23. The van der Waals surface area contributed by atoms with Crippen molar-refractivity contribution < 1.29 is 23.1 Å². The van der Waals surface area contributed by atoms with Crippen LogP contribution in [-0.4, -0.2) is 43.5 Å². The maximum atomic E-state index is 11.6. The van der Waals surface area contributed by atoms with Crippen molar-refractivity contribution in [2.24, 2.45) is 0 Å². The van der Waals surface area contributed by atoms with Crippen LogP contribution in [0.4, 0.5) is 0 Å². The number of carboxylic acid groups (broad SMARTS) is 1. The topological polar surface area (TPSA) is 101 Å². The second-order valence-corrected chi connectivity index (χ2v) is 7.17. The molecular formula is C12H15NO5S2. The van der Waals surface area contributed by atoms with E-state index in [1.165, 1.54) is 13.0 Å². The van der Waals surface area contributed by atoms with Gasteiger partial charge in [-0.05, 0) is 12.1 Å². The van der Waals surface area contributed by atoms with E-state index >= 15 is 0 Å². The van der Waals surface area contributed by atoms with Gasteiger partial charge in [0, 0.05) is 23.8 Å². The molecule has 0 heterocycles. The Labute approximate surface area is 121 Å². The van der Waals surface area contributed by atoms with Gasteiger partial charge in [0.15, 0.2) is 9.84 Å². The van der Waals surface area contributed by atoms with Crippen LogP contribution in [0.5, 0.6) is 0 Å². The summed E-state index contributed by atoms with van der Waals surface area (Å²) in [5, 5.41) is 11.3. The summed E-state index contributed by atoms with van der Waals surface area (Å²) in [5.41, 5.74) is 0. The molecule has 0 spiro atoms. The molecule has 0 saturated carbocycles. The maximum absolute atomic E-state index is 11.6. The fraction of sp³-hybridized carbons (Fsp3) is 0.333. The highest BCUT2D eigenvalue weighted by Gasteiger charge is 2.20. The van der Waals surface area contributed by atoms with Crippen molar-refractivity contribution in [3.05, 3.63) is 24.3 Å². The smallest absolute Gasteiger partial charge is 0.327 e. The Morgan fingerprint density at radius 1 is 1.35 bits per heavy atom. The van der Waals surface area contributed by atoms with Crippen molar-refractivity contribution >= 4 is 33.5 Å². The molecule has 0 radical (unpaired) electrons. The molecule has 1 amide bonds. The number of amides is 1. The van der Waals surface area contributed by atoms with E-state index in [9.17, 15) is 18.0 Å². The van der Waals surface area contributed by atoms with Crippen molar-refractivity contribution in [1.29, 1.82) is 0 Å². The predicted octanol–water partition coefficient (Wildman–Crippen LogP) is 0.771. The van der Waals surface area contributed by atoms with Crippen LogP contribution in [-0.2, 0) is 19.4 Å². The Hall–Kier alpha value is -1.54. The van der Waals surface area contributed by atoms with Crippen molar-refractivity contribution in [3.8, 4) is 0 Å². The molecule has 0 unspecified atom stereocenters.